The van der Waals surface area contributed by atoms with Crippen molar-refractivity contribution in [1.82, 2.24) is 14.9 Å². The van der Waals surface area contributed by atoms with Crippen molar-refractivity contribution >= 4 is 29.2 Å². The minimum Gasteiger partial charge on any atom is -0.354 e. The molecule has 1 amide bonds. The summed E-state index contributed by atoms with van der Waals surface area (Å²) in [7, 11) is 0. The molecule has 0 radical (unpaired) electrons. The lowest BCUT2D eigenvalue weighted by atomic mass is 10.1. The third-order valence-corrected chi connectivity index (χ3v) is 3.91. The maximum absolute atomic E-state index is 12.7. The molecule has 2 N–H and O–H groups in total. The van der Waals surface area contributed by atoms with Crippen LogP contribution in [0.5, 0.6) is 0 Å². The number of benzene rings is 1. The van der Waals surface area contributed by atoms with E-state index in [1.165, 1.54) is 6.07 Å². The number of halogens is 3. The Kier molecular flexibility index (Phi) is 3.27. The molecule has 0 spiro atoms. The van der Waals surface area contributed by atoms with Crippen LogP contribution in [0.25, 0.3) is 11.0 Å². The first-order chi connectivity index (χ1) is 9.88. The van der Waals surface area contributed by atoms with Gasteiger partial charge in [-0.25, -0.2) is 0 Å². The predicted octanol–water partition coefficient (Wildman–Crippen LogP) is 3.17. The Labute approximate surface area is 123 Å². The fraction of sp³-hybridized carbons (Fsp3) is 0.385. The molecule has 21 heavy (non-hydrogen) atoms. The van der Waals surface area contributed by atoms with Crippen molar-refractivity contribution in [2.75, 3.05) is 6.54 Å². The molecule has 1 aliphatic rings. The number of hydrogen-bond donors (Lipinski definition) is 2. The number of carbonyl (C=O) groups excluding carboxylic acids is 1. The Morgan fingerprint density at radius 1 is 1.33 bits per heavy atom. The molecular formula is C13H12F3N3OS. The number of piperidine rings is 1. The summed E-state index contributed by atoms with van der Waals surface area (Å²) in [6, 6.07) is 2.90. The van der Waals surface area contributed by atoms with Crippen molar-refractivity contribution < 1.29 is 18.0 Å². The topological polar surface area (TPSA) is 49.8 Å². The van der Waals surface area contributed by atoms with Gasteiger partial charge in [0.15, 0.2) is 4.77 Å². The van der Waals surface area contributed by atoms with Crippen molar-refractivity contribution in [3.8, 4) is 0 Å². The molecule has 1 aromatic carbocycles. The van der Waals surface area contributed by atoms with Crippen LogP contribution < -0.4 is 5.32 Å². The lowest BCUT2D eigenvalue weighted by Crippen LogP contribution is -2.37. The van der Waals surface area contributed by atoms with Crippen LogP contribution in [0, 0.1) is 4.77 Å². The molecule has 8 heteroatoms. The highest BCUT2D eigenvalue weighted by atomic mass is 32.1. The number of nitrogens with one attached hydrogen (secondary N) is 2. The van der Waals surface area contributed by atoms with E-state index in [0.29, 0.717) is 18.5 Å². The fourth-order valence-corrected chi connectivity index (χ4v) is 2.95. The van der Waals surface area contributed by atoms with Gasteiger partial charge in [-0.3, -0.25) is 4.79 Å². The minimum atomic E-state index is -4.41. The van der Waals surface area contributed by atoms with Crippen LogP contribution in [0.4, 0.5) is 13.2 Å². The zero-order valence-corrected chi connectivity index (χ0v) is 11.6. The average molecular weight is 315 g/mol. The molecule has 4 nitrogen and oxygen atoms in total. The maximum atomic E-state index is 12.7. The number of carbonyl (C=O) groups is 1. The average Bonchev–Trinajstić information content (AvgIpc) is 2.73. The van der Waals surface area contributed by atoms with Gasteiger partial charge in [0.1, 0.15) is 6.04 Å². The summed E-state index contributed by atoms with van der Waals surface area (Å²) in [5.74, 6) is -0.154. The summed E-state index contributed by atoms with van der Waals surface area (Å²) < 4.78 is 40.0. The van der Waals surface area contributed by atoms with E-state index >= 15 is 0 Å². The highest BCUT2D eigenvalue weighted by molar-refractivity contribution is 7.71. The number of fused-ring (bicyclic) bond motifs is 1. The van der Waals surface area contributed by atoms with E-state index in [1.807, 2.05) is 0 Å². The van der Waals surface area contributed by atoms with E-state index in [0.717, 1.165) is 18.6 Å². The quantitative estimate of drug-likeness (QED) is 0.794. The summed E-state index contributed by atoms with van der Waals surface area (Å²) >= 11 is 5.17. The second-order valence-corrected chi connectivity index (χ2v) is 5.37. The number of H-pyrrole nitrogens is 1. The second kappa shape index (κ2) is 4.87. The molecule has 1 fully saturated rings. The van der Waals surface area contributed by atoms with Gasteiger partial charge in [-0.15, -0.1) is 0 Å². The third-order valence-electron chi connectivity index (χ3n) is 3.61. The molecule has 1 saturated heterocycles. The van der Waals surface area contributed by atoms with E-state index in [2.05, 4.69) is 10.3 Å². The number of aromatic amines is 1. The van der Waals surface area contributed by atoms with Gasteiger partial charge < -0.3 is 14.9 Å². The van der Waals surface area contributed by atoms with Gasteiger partial charge in [0.25, 0.3) is 0 Å². The summed E-state index contributed by atoms with van der Waals surface area (Å²) in [4.78, 5) is 14.7. The summed E-state index contributed by atoms with van der Waals surface area (Å²) in [5.41, 5.74) is 0.0507. The van der Waals surface area contributed by atoms with Crippen LogP contribution in [0.15, 0.2) is 18.2 Å². The van der Waals surface area contributed by atoms with E-state index in [-0.39, 0.29) is 16.2 Å². The lowest BCUT2D eigenvalue weighted by molar-refractivity contribution is -0.137. The van der Waals surface area contributed by atoms with Crippen molar-refractivity contribution in [2.45, 2.75) is 25.1 Å². The Bertz CT molecular complexity index is 762. The number of nitrogens with zero attached hydrogens (tertiary/aromatic N) is 1. The molecule has 0 saturated carbocycles. The molecule has 0 aliphatic carbocycles. The van der Waals surface area contributed by atoms with Crippen LogP contribution in [0.1, 0.15) is 24.4 Å². The number of aromatic nitrogens is 2. The standard InChI is InChI=1S/C13H12F3N3OS/c14-13(15,16)7-3-4-9-8(6-7)18-12(21)19(9)10-2-1-5-17-11(10)20/h3-4,6,10H,1-2,5H2,(H,17,20)(H,18,21). The smallest absolute Gasteiger partial charge is 0.354 e. The first-order valence-electron chi connectivity index (χ1n) is 6.47. The molecule has 1 aromatic heterocycles. The van der Waals surface area contributed by atoms with Gasteiger partial charge in [-0.05, 0) is 43.3 Å². The first kappa shape index (κ1) is 14.1. The summed E-state index contributed by atoms with van der Waals surface area (Å²) in [5, 5.41) is 2.75. The van der Waals surface area contributed by atoms with Gasteiger partial charge in [-0.2, -0.15) is 13.2 Å². The summed E-state index contributed by atoms with van der Waals surface area (Å²) in [6.07, 6.45) is -2.98. The van der Waals surface area contributed by atoms with Crippen molar-refractivity contribution in [3.05, 3.63) is 28.5 Å². The summed E-state index contributed by atoms with van der Waals surface area (Å²) in [6.45, 7) is 0.614. The molecule has 0 bridgehead atoms. The Hall–Kier alpha value is -1.83. The normalized spacial score (nSPS) is 19.8. The van der Waals surface area contributed by atoms with Crippen LogP contribution in [-0.2, 0) is 11.0 Å². The number of alkyl halides is 3. The van der Waals surface area contributed by atoms with E-state index in [1.54, 1.807) is 4.57 Å². The number of rotatable bonds is 1. The van der Waals surface area contributed by atoms with Gasteiger partial charge in [0.05, 0.1) is 16.6 Å². The monoisotopic (exact) mass is 315 g/mol. The van der Waals surface area contributed by atoms with E-state index in [4.69, 9.17) is 12.2 Å². The number of amides is 1. The Morgan fingerprint density at radius 3 is 2.76 bits per heavy atom. The lowest BCUT2D eigenvalue weighted by Gasteiger charge is -2.23. The highest BCUT2D eigenvalue weighted by Gasteiger charge is 2.31. The highest BCUT2D eigenvalue weighted by Crippen LogP contribution is 2.32. The van der Waals surface area contributed by atoms with Crippen LogP contribution in [0.3, 0.4) is 0 Å². The first-order valence-corrected chi connectivity index (χ1v) is 6.88. The van der Waals surface area contributed by atoms with Crippen LogP contribution in [0.2, 0.25) is 0 Å². The molecule has 1 atom stereocenters. The minimum absolute atomic E-state index is 0.154. The van der Waals surface area contributed by atoms with Gasteiger partial charge in [-0.1, -0.05) is 0 Å². The Morgan fingerprint density at radius 2 is 2.10 bits per heavy atom. The zero-order chi connectivity index (χ0) is 15.2. The van der Waals surface area contributed by atoms with Crippen LogP contribution in [-0.4, -0.2) is 22.0 Å². The van der Waals surface area contributed by atoms with Crippen molar-refractivity contribution in [3.63, 3.8) is 0 Å². The van der Waals surface area contributed by atoms with Crippen molar-refractivity contribution in [1.29, 1.82) is 0 Å². The zero-order valence-electron chi connectivity index (χ0n) is 10.8. The Balaban J connectivity index is 2.14. The van der Waals surface area contributed by atoms with Crippen molar-refractivity contribution in [2.24, 2.45) is 0 Å². The van der Waals surface area contributed by atoms with E-state index < -0.39 is 17.8 Å². The largest absolute Gasteiger partial charge is 0.416 e. The van der Waals surface area contributed by atoms with Crippen LogP contribution >= 0.6 is 12.2 Å². The molecule has 2 aromatic rings. The van der Waals surface area contributed by atoms with Gasteiger partial charge >= 0.3 is 6.18 Å². The maximum Gasteiger partial charge on any atom is 0.416 e. The SMILES string of the molecule is O=C1NCCCC1n1c(=S)[nH]c2cc(C(F)(F)F)ccc21. The molecule has 112 valence electrons. The molecular weight excluding hydrogens is 303 g/mol. The molecule has 2 heterocycles. The molecule has 1 unspecified atom stereocenters. The molecule has 3 rings (SSSR count). The molecule has 1 aliphatic heterocycles. The van der Waals surface area contributed by atoms with Gasteiger partial charge in [0.2, 0.25) is 5.91 Å². The second-order valence-electron chi connectivity index (χ2n) is 4.98. The van der Waals surface area contributed by atoms with E-state index in [9.17, 15) is 18.0 Å². The van der Waals surface area contributed by atoms with Gasteiger partial charge in [0, 0.05) is 6.54 Å². The number of hydrogen-bond acceptors (Lipinski definition) is 2. The third kappa shape index (κ3) is 2.44. The number of imidazole rings is 1. The fourth-order valence-electron chi connectivity index (χ4n) is 2.62. The predicted molar refractivity (Wildman–Crippen MR) is 73.4 cm³/mol.